The maximum atomic E-state index is 12.2. The molecule has 1 amide bonds. The van der Waals surface area contributed by atoms with Gasteiger partial charge in [-0.05, 0) is 50.9 Å². The van der Waals surface area contributed by atoms with Gasteiger partial charge in [0.2, 0.25) is 0 Å². The minimum atomic E-state index is -0.688. The van der Waals surface area contributed by atoms with Gasteiger partial charge >= 0.3 is 0 Å². The summed E-state index contributed by atoms with van der Waals surface area (Å²) < 4.78 is 5.26. The summed E-state index contributed by atoms with van der Waals surface area (Å²) in [5, 5.41) is 0. The van der Waals surface area contributed by atoms with Crippen LogP contribution in [-0.4, -0.2) is 37.1 Å². The van der Waals surface area contributed by atoms with Gasteiger partial charge in [0.15, 0.2) is 0 Å². The van der Waals surface area contributed by atoms with Crippen molar-refractivity contribution in [2.45, 2.75) is 45.1 Å². The zero-order chi connectivity index (χ0) is 12.6. The highest BCUT2D eigenvalue weighted by Gasteiger charge is 2.41. The lowest BCUT2D eigenvalue weighted by molar-refractivity contribution is -0.150. The highest BCUT2D eigenvalue weighted by Crippen LogP contribution is 2.48. The van der Waals surface area contributed by atoms with Gasteiger partial charge in [-0.1, -0.05) is 6.42 Å². The maximum absolute atomic E-state index is 12.2. The standard InChI is InChI=1S/C14H25NO2/c1-14(2,17-4)13(16)15(3)9-12-8-10-5-6-11(12)7-10/h10-12H,5-9H2,1-4H3. The molecule has 3 nitrogen and oxygen atoms in total. The minimum absolute atomic E-state index is 0.0998. The van der Waals surface area contributed by atoms with Crippen LogP contribution in [0.5, 0.6) is 0 Å². The first-order valence-electron chi connectivity index (χ1n) is 6.74. The monoisotopic (exact) mass is 239 g/mol. The van der Waals surface area contributed by atoms with E-state index in [1.165, 1.54) is 25.7 Å². The van der Waals surface area contributed by atoms with Gasteiger partial charge in [0.05, 0.1) is 0 Å². The second kappa shape index (κ2) is 4.60. The van der Waals surface area contributed by atoms with Crippen molar-refractivity contribution in [3.63, 3.8) is 0 Å². The first-order valence-corrected chi connectivity index (χ1v) is 6.74. The van der Waals surface area contributed by atoms with Crippen LogP contribution < -0.4 is 0 Å². The van der Waals surface area contributed by atoms with Crippen LogP contribution in [-0.2, 0) is 9.53 Å². The summed E-state index contributed by atoms with van der Waals surface area (Å²) in [5.41, 5.74) is -0.688. The summed E-state index contributed by atoms with van der Waals surface area (Å²) in [7, 11) is 3.51. The molecule has 2 rings (SSSR count). The van der Waals surface area contributed by atoms with Crippen LogP contribution in [0.3, 0.4) is 0 Å². The van der Waals surface area contributed by atoms with E-state index in [0.717, 1.165) is 24.3 Å². The fraction of sp³-hybridized carbons (Fsp3) is 0.929. The Balaban J connectivity index is 1.89. The van der Waals surface area contributed by atoms with E-state index in [1.54, 1.807) is 7.11 Å². The number of hydrogen-bond acceptors (Lipinski definition) is 2. The number of likely N-dealkylation sites (N-methyl/N-ethyl adjacent to an activating group) is 1. The lowest BCUT2D eigenvalue weighted by Crippen LogP contribution is -2.46. The van der Waals surface area contributed by atoms with Crippen molar-refractivity contribution in [3.05, 3.63) is 0 Å². The Morgan fingerprint density at radius 2 is 2.06 bits per heavy atom. The zero-order valence-corrected chi connectivity index (χ0v) is 11.5. The van der Waals surface area contributed by atoms with E-state index < -0.39 is 5.60 Å². The van der Waals surface area contributed by atoms with Crippen LogP contribution in [0, 0.1) is 17.8 Å². The molecule has 3 heteroatoms. The number of methoxy groups -OCH3 is 1. The van der Waals surface area contributed by atoms with Crippen molar-refractivity contribution < 1.29 is 9.53 Å². The Hall–Kier alpha value is -0.570. The molecule has 0 saturated heterocycles. The van der Waals surface area contributed by atoms with Crippen LogP contribution in [0.4, 0.5) is 0 Å². The van der Waals surface area contributed by atoms with Crippen molar-refractivity contribution in [1.82, 2.24) is 4.90 Å². The number of amides is 1. The van der Waals surface area contributed by atoms with Crippen LogP contribution in [0.25, 0.3) is 0 Å². The third-order valence-corrected chi connectivity index (χ3v) is 4.76. The molecule has 0 aromatic heterocycles. The SMILES string of the molecule is COC(C)(C)C(=O)N(C)CC1CC2CCC1C2. The molecule has 0 N–H and O–H groups in total. The van der Waals surface area contributed by atoms with Crippen molar-refractivity contribution in [1.29, 1.82) is 0 Å². The lowest BCUT2D eigenvalue weighted by atomic mass is 9.88. The third-order valence-electron chi connectivity index (χ3n) is 4.76. The molecule has 3 unspecified atom stereocenters. The van der Waals surface area contributed by atoms with Gasteiger partial charge in [-0.2, -0.15) is 0 Å². The molecule has 0 heterocycles. The molecule has 0 radical (unpaired) electrons. The van der Waals surface area contributed by atoms with Gasteiger partial charge in [-0.15, -0.1) is 0 Å². The summed E-state index contributed by atoms with van der Waals surface area (Å²) in [4.78, 5) is 14.1. The molecular weight excluding hydrogens is 214 g/mol. The fourth-order valence-electron chi connectivity index (χ4n) is 3.58. The summed E-state index contributed by atoms with van der Waals surface area (Å²) >= 11 is 0. The molecule has 0 aromatic carbocycles. The molecule has 0 spiro atoms. The molecule has 2 aliphatic carbocycles. The molecule has 2 aliphatic rings. The van der Waals surface area contributed by atoms with Crippen molar-refractivity contribution >= 4 is 5.91 Å². The van der Waals surface area contributed by atoms with Gasteiger partial charge in [0.25, 0.3) is 5.91 Å². The Labute approximate surface area is 105 Å². The van der Waals surface area contributed by atoms with Crippen LogP contribution in [0.15, 0.2) is 0 Å². The molecule has 0 aliphatic heterocycles. The van der Waals surface area contributed by atoms with Crippen molar-refractivity contribution in [3.8, 4) is 0 Å². The Morgan fingerprint density at radius 3 is 2.53 bits per heavy atom. The molecule has 2 bridgehead atoms. The molecule has 3 atom stereocenters. The highest BCUT2D eigenvalue weighted by atomic mass is 16.5. The number of rotatable bonds is 4. The summed E-state index contributed by atoms with van der Waals surface area (Å²) in [6.07, 6.45) is 5.53. The number of nitrogens with zero attached hydrogens (tertiary/aromatic N) is 1. The highest BCUT2D eigenvalue weighted by molar-refractivity contribution is 5.84. The summed E-state index contributed by atoms with van der Waals surface area (Å²) in [6.45, 7) is 4.59. The largest absolute Gasteiger partial charge is 0.369 e. The first kappa shape index (κ1) is 12.9. The molecular formula is C14H25NO2. The van der Waals surface area contributed by atoms with E-state index in [4.69, 9.17) is 4.74 Å². The fourth-order valence-corrected chi connectivity index (χ4v) is 3.58. The number of fused-ring (bicyclic) bond motifs is 2. The number of carbonyl (C=O) groups is 1. The van der Waals surface area contributed by atoms with Gasteiger partial charge < -0.3 is 9.64 Å². The van der Waals surface area contributed by atoms with Crippen LogP contribution >= 0.6 is 0 Å². The van der Waals surface area contributed by atoms with E-state index in [1.807, 2.05) is 25.8 Å². The van der Waals surface area contributed by atoms with Gasteiger partial charge in [-0.25, -0.2) is 0 Å². The molecule has 0 aromatic rings. The predicted molar refractivity (Wildman–Crippen MR) is 67.7 cm³/mol. The number of ether oxygens (including phenoxy) is 1. The van der Waals surface area contributed by atoms with E-state index in [9.17, 15) is 4.79 Å². The Morgan fingerprint density at radius 1 is 1.35 bits per heavy atom. The first-order chi connectivity index (χ1) is 7.94. The molecule has 98 valence electrons. The van der Waals surface area contributed by atoms with Gasteiger partial charge in [0, 0.05) is 20.7 Å². The topological polar surface area (TPSA) is 29.5 Å². The van der Waals surface area contributed by atoms with Crippen LogP contribution in [0.1, 0.15) is 39.5 Å². The minimum Gasteiger partial charge on any atom is -0.369 e. The number of carbonyl (C=O) groups excluding carboxylic acids is 1. The van der Waals surface area contributed by atoms with E-state index in [2.05, 4.69) is 0 Å². The normalized spacial score (nSPS) is 31.9. The summed E-state index contributed by atoms with van der Waals surface area (Å²) in [5.74, 6) is 2.66. The van der Waals surface area contributed by atoms with Gasteiger partial charge in [-0.3, -0.25) is 4.79 Å². The predicted octanol–water partition coefficient (Wildman–Crippen LogP) is 2.31. The van der Waals surface area contributed by atoms with Crippen molar-refractivity contribution in [2.75, 3.05) is 20.7 Å². The third kappa shape index (κ3) is 2.49. The van der Waals surface area contributed by atoms with Crippen LogP contribution in [0.2, 0.25) is 0 Å². The summed E-state index contributed by atoms with van der Waals surface area (Å²) in [6, 6.07) is 0. The quantitative estimate of drug-likeness (QED) is 0.753. The average molecular weight is 239 g/mol. The Kier molecular flexibility index (Phi) is 3.48. The van der Waals surface area contributed by atoms with E-state index in [-0.39, 0.29) is 5.91 Å². The van der Waals surface area contributed by atoms with Crippen molar-refractivity contribution in [2.24, 2.45) is 17.8 Å². The molecule has 17 heavy (non-hydrogen) atoms. The maximum Gasteiger partial charge on any atom is 0.253 e. The van der Waals surface area contributed by atoms with Gasteiger partial charge in [0.1, 0.15) is 5.60 Å². The Bertz CT molecular complexity index is 301. The molecule has 2 fully saturated rings. The second-order valence-corrected chi connectivity index (χ2v) is 6.34. The average Bonchev–Trinajstić information content (AvgIpc) is 2.89. The smallest absolute Gasteiger partial charge is 0.253 e. The zero-order valence-electron chi connectivity index (χ0n) is 11.5. The van der Waals surface area contributed by atoms with E-state index >= 15 is 0 Å². The number of hydrogen-bond donors (Lipinski definition) is 0. The molecule has 2 saturated carbocycles. The second-order valence-electron chi connectivity index (χ2n) is 6.34. The lowest BCUT2D eigenvalue weighted by Gasteiger charge is -2.32. The van der Waals surface area contributed by atoms with E-state index in [0.29, 0.717) is 0 Å².